The number of rotatable bonds is 6. The van der Waals surface area contributed by atoms with E-state index in [1.54, 1.807) is 0 Å². The quantitative estimate of drug-likeness (QED) is 0.383. The lowest BCUT2D eigenvalue weighted by molar-refractivity contribution is -0.384. The van der Waals surface area contributed by atoms with Crippen molar-refractivity contribution in [1.82, 2.24) is 14.3 Å². The molecule has 1 aliphatic rings. The minimum absolute atomic E-state index is 0.0242. The van der Waals surface area contributed by atoms with Crippen LogP contribution in [0.15, 0.2) is 30.6 Å². The molecule has 2 atom stereocenters. The van der Waals surface area contributed by atoms with Crippen molar-refractivity contribution in [2.24, 2.45) is 0 Å². The first-order chi connectivity index (χ1) is 13.2. The molecule has 0 bridgehead atoms. The Balaban J connectivity index is 1.68. The van der Waals surface area contributed by atoms with Crippen molar-refractivity contribution in [3.05, 3.63) is 51.3 Å². The fourth-order valence-corrected chi connectivity index (χ4v) is 4.10. The molecule has 1 aromatic carbocycles. The number of nitro groups is 1. The average molecular weight is 428 g/mol. The van der Waals surface area contributed by atoms with Gasteiger partial charge in [0, 0.05) is 18.6 Å². The molecule has 0 N–H and O–H groups in total. The Labute approximate surface area is 164 Å². The number of carbonyl (C=O) groups excluding carboxylic acids is 1. The normalized spacial score (nSPS) is 19.5. The van der Waals surface area contributed by atoms with Crippen LogP contribution in [-0.2, 0) is 25.6 Å². The lowest BCUT2D eigenvalue weighted by Crippen LogP contribution is -2.33. The van der Waals surface area contributed by atoms with Crippen molar-refractivity contribution < 1.29 is 27.1 Å². The zero-order valence-corrected chi connectivity index (χ0v) is 16.3. The van der Waals surface area contributed by atoms with Gasteiger partial charge >= 0.3 is 6.09 Å². The Morgan fingerprint density at radius 3 is 2.68 bits per heavy atom. The third-order valence-electron chi connectivity index (χ3n) is 3.98. The lowest BCUT2D eigenvalue weighted by Gasteiger charge is -2.21. The summed E-state index contributed by atoms with van der Waals surface area (Å²) >= 11 is 1.10. The second-order valence-electron chi connectivity index (χ2n) is 6.08. The summed E-state index contributed by atoms with van der Waals surface area (Å²) in [7, 11) is -3.68. The molecule has 2 heterocycles. The molecule has 0 aliphatic carbocycles. The Morgan fingerprint density at radius 1 is 1.39 bits per heavy atom. The first-order valence-corrected chi connectivity index (χ1v) is 10.6. The average Bonchev–Trinajstić information content (AvgIpc) is 3.28. The maximum atomic E-state index is 12.6. The van der Waals surface area contributed by atoms with Gasteiger partial charge < -0.3 is 4.74 Å². The first-order valence-electron chi connectivity index (χ1n) is 8.04. The second-order valence-corrected chi connectivity index (χ2v) is 8.50. The van der Waals surface area contributed by atoms with Crippen LogP contribution in [0.25, 0.3) is 0 Å². The Kier molecular flexibility index (Phi) is 5.86. The summed E-state index contributed by atoms with van der Waals surface area (Å²) in [5, 5.41) is 11.2. The van der Waals surface area contributed by atoms with Gasteiger partial charge in [0.1, 0.15) is 17.9 Å². The number of hydrogen-bond acceptors (Lipinski definition) is 10. The molecule has 2 aromatic rings. The highest BCUT2D eigenvalue weighted by Gasteiger charge is 2.40. The number of amides is 1. The Hall–Kier alpha value is -2.64. The number of nitro benzene ring substituents is 1. The summed E-state index contributed by atoms with van der Waals surface area (Å²) in [5.41, 5.74) is 0.515. The molecule has 11 nitrogen and oxygen atoms in total. The van der Waals surface area contributed by atoms with Gasteiger partial charge in [0.2, 0.25) is 0 Å². The number of benzene rings is 1. The molecule has 0 saturated carbocycles. The number of nitrogens with zero attached hydrogens (tertiary/aromatic N) is 4. The molecule has 3 rings (SSSR count). The minimum atomic E-state index is -3.68. The van der Waals surface area contributed by atoms with Gasteiger partial charge in [-0.25, -0.2) is 9.78 Å². The highest BCUT2D eigenvalue weighted by molar-refractivity contribution is 7.86. The summed E-state index contributed by atoms with van der Waals surface area (Å²) in [6.07, 6.45) is 1.16. The second kappa shape index (κ2) is 8.16. The van der Waals surface area contributed by atoms with Gasteiger partial charge in [0.05, 0.1) is 29.9 Å². The topological polar surface area (TPSA) is 142 Å². The number of ether oxygens (including phenoxy) is 1. The van der Waals surface area contributed by atoms with E-state index in [1.807, 2.05) is 0 Å². The third kappa shape index (κ3) is 4.99. The van der Waals surface area contributed by atoms with Crippen molar-refractivity contribution in [3.8, 4) is 0 Å². The number of likely N-dealkylation sites (tertiary alicyclic amines) is 1. The zero-order chi connectivity index (χ0) is 20.3. The van der Waals surface area contributed by atoms with Gasteiger partial charge in [0.25, 0.3) is 15.8 Å². The fraction of sp³-hybridized carbons (Fsp3) is 0.400. The highest BCUT2D eigenvalue weighted by Crippen LogP contribution is 2.35. The fourth-order valence-electron chi connectivity index (χ4n) is 2.82. The predicted octanol–water partition coefficient (Wildman–Crippen LogP) is 1.87. The van der Waals surface area contributed by atoms with E-state index in [0.29, 0.717) is 10.6 Å². The summed E-state index contributed by atoms with van der Waals surface area (Å²) in [4.78, 5) is 28.2. The molecular weight excluding hydrogens is 412 g/mol. The predicted molar refractivity (Wildman–Crippen MR) is 97.0 cm³/mol. The van der Waals surface area contributed by atoms with E-state index in [-0.39, 0.29) is 25.3 Å². The van der Waals surface area contributed by atoms with E-state index in [9.17, 15) is 23.3 Å². The standard InChI is InChI=1S/C15H16N4O7S2/c1-28(23,24)26-12-6-13(14-16-9-17-27-14)18(7-12)15(20)25-8-10-2-4-11(5-3-10)19(21)22/h2-5,9,12-13H,6-8H2,1H3/t12-,13+/m1/s1. The third-order valence-corrected chi connectivity index (χ3v) is 5.37. The first kappa shape index (κ1) is 20.1. The molecule has 28 heavy (non-hydrogen) atoms. The SMILES string of the molecule is CS(=O)(=O)O[C@@H]1C[C@@H](c2ncns2)N(C(=O)OCc2ccc([N+](=O)[O-])cc2)C1. The molecule has 0 radical (unpaired) electrons. The van der Waals surface area contributed by atoms with Gasteiger partial charge in [-0.3, -0.25) is 19.2 Å². The van der Waals surface area contributed by atoms with Gasteiger partial charge in [-0.05, 0) is 29.2 Å². The van der Waals surface area contributed by atoms with Crippen LogP contribution in [0.1, 0.15) is 23.0 Å². The minimum Gasteiger partial charge on any atom is -0.445 e. The summed E-state index contributed by atoms with van der Waals surface area (Å²) in [6, 6.07) is 5.11. The van der Waals surface area contributed by atoms with E-state index in [1.165, 1.54) is 35.5 Å². The number of hydrogen-bond donors (Lipinski definition) is 0. The molecule has 0 spiro atoms. The molecule has 0 unspecified atom stereocenters. The molecule has 1 saturated heterocycles. The molecule has 1 amide bonds. The van der Waals surface area contributed by atoms with E-state index in [4.69, 9.17) is 8.92 Å². The van der Waals surface area contributed by atoms with Crippen molar-refractivity contribution in [1.29, 1.82) is 0 Å². The van der Waals surface area contributed by atoms with Crippen molar-refractivity contribution in [2.75, 3.05) is 12.8 Å². The van der Waals surface area contributed by atoms with Gasteiger partial charge in [0.15, 0.2) is 0 Å². The summed E-state index contributed by atoms with van der Waals surface area (Å²) in [5.74, 6) is 0. The van der Waals surface area contributed by atoms with Crippen LogP contribution >= 0.6 is 11.5 Å². The molecule has 150 valence electrons. The molecular formula is C15H16N4O7S2. The molecule has 1 aliphatic heterocycles. The Morgan fingerprint density at radius 2 is 2.11 bits per heavy atom. The largest absolute Gasteiger partial charge is 0.445 e. The zero-order valence-electron chi connectivity index (χ0n) is 14.6. The maximum Gasteiger partial charge on any atom is 0.410 e. The van der Waals surface area contributed by atoms with Crippen molar-refractivity contribution in [2.45, 2.75) is 25.2 Å². The van der Waals surface area contributed by atoms with Crippen molar-refractivity contribution in [3.63, 3.8) is 0 Å². The summed E-state index contributed by atoms with van der Waals surface area (Å²) < 4.78 is 37.0. The van der Waals surface area contributed by atoms with Crippen LogP contribution in [0.5, 0.6) is 0 Å². The van der Waals surface area contributed by atoms with Gasteiger partial charge in [-0.2, -0.15) is 12.8 Å². The smallest absolute Gasteiger partial charge is 0.410 e. The maximum absolute atomic E-state index is 12.6. The van der Waals surface area contributed by atoms with Crippen LogP contribution in [0.4, 0.5) is 10.5 Å². The monoisotopic (exact) mass is 428 g/mol. The summed E-state index contributed by atoms with van der Waals surface area (Å²) in [6.45, 7) is -0.0653. The molecule has 1 fully saturated rings. The molecule has 13 heteroatoms. The van der Waals surface area contributed by atoms with Crippen LogP contribution in [0.3, 0.4) is 0 Å². The highest BCUT2D eigenvalue weighted by atomic mass is 32.2. The van der Waals surface area contributed by atoms with Crippen LogP contribution < -0.4 is 0 Å². The van der Waals surface area contributed by atoms with Gasteiger partial charge in [-0.1, -0.05) is 0 Å². The van der Waals surface area contributed by atoms with E-state index >= 15 is 0 Å². The number of carbonyl (C=O) groups is 1. The molecule has 1 aromatic heterocycles. The lowest BCUT2D eigenvalue weighted by atomic mass is 10.2. The van der Waals surface area contributed by atoms with E-state index in [2.05, 4.69) is 9.36 Å². The Bertz CT molecular complexity index is 947. The van der Waals surface area contributed by atoms with Crippen molar-refractivity contribution >= 4 is 33.4 Å². The van der Waals surface area contributed by atoms with Gasteiger partial charge in [-0.15, -0.1) is 0 Å². The number of aromatic nitrogens is 2. The van der Waals surface area contributed by atoms with Crippen LogP contribution in [0, 0.1) is 10.1 Å². The van der Waals surface area contributed by atoms with E-state index in [0.717, 1.165) is 17.8 Å². The van der Waals surface area contributed by atoms with Crippen LogP contribution in [0.2, 0.25) is 0 Å². The van der Waals surface area contributed by atoms with Crippen LogP contribution in [-0.4, -0.2) is 52.6 Å². The number of non-ortho nitro benzene ring substituents is 1. The van der Waals surface area contributed by atoms with E-state index < -0.39 is 33.3 Å².